The molecule has 1 aromatic rings. The number of aryl methyl sites for hydroxylation is 1. The highest BCUT2D eigenvalue weighted by atomic mass is 16.5. The Bertz CT molecular complexity index is 537. The van der Waals surface area contributed by atoms with Crippen molar-refractivity contribution in [1.82, 2.24) is 15.1 Å². The van der Waals surface area contributed by atoms with Crippen LogP contribution in [0.2, 0.25) is 0 Å². The van der Waals surface area contributed by atoms with Crippen molar-refractivity contribution < 1.29 is 14.3 Å². The van der Waals surface area contributed by atoms with E-state index in [1.807, 2.05) is 24.3 Å². The summed E-state index contributed by atoms with van der Waals surface area (Å²) in [5, 5.41) is 2.96. The van der Waals surface area contributed by atoms with Gasteiger partial charge in [0.25, 0.3) is 5.91 Å². The van der Waals surface area contributed by atoms with Gasteiger partial charge in [0.1, 0.15) is 0 Å². The average Bonchev–Trinajstić information content (AvgIpc) is 2.60. The quantitative estimate of drug-likeness (QED) is 0.801. The van der Waals surface area contributed by atoms with Crippen molar-refractivity contribution in [1.29, 1.82) is 0 Å². The summed E-state index contributed by atoms with van der Waals surface area (Å²) < 4.78 is 5.30. The SMILES string of the molecule is CN(C)C(=O)c1ccc(CCC(=O)NCCN2CCOCC2)cc1. The molecule has 1 aliphatic rings. The van der Waals surface area contributed by atoms with E-state index < -0.39 is 0 Å². The Morgan fingerprint density at radius 2 is 1.83 bits per heavy atom. The number of rotatable bonds is 7. The zero-order valence-electron chi connectivity index (χ0n) is 14.6. The number of amides is 2. The standard InChI is InChI=1S/C18H27N3O3/c1-20(2)18(23)16-6-3-15(4-7-16)5-8-17(22)19-9-10-21-11-13-24-14-12-21/h3-4,6-7H,5,8-14H2,1-2H3,(H,19,22). The number of hydrogen-bond acceptors (Lipinski definition) is 4. The second-order valence-corrected chi connectivity index (χ2v) is 6.20. The number of benzene rings is 1. The van der Waals surface area contributed by atoms with Crippen molar-refractivity contribution in [2.75, 3.05) is 53.5 Å². The third-order valence-electron chi connectivity index (χ3n) is 4.10. The highest BCUT2D eigenvalue weighted by Crippen LogP contribution is 2.08. The number of carbonyl (C=O) groups excluding carboxylic acids is 2. The van der Waals surface area contributed by atoms with E-state index in [1.165, 1.54) is 0 Å². The lowest BCUT2D eigenvalue weighted by Crippen LogP contribution is -2.41. The maximum Gasteiger partial charge on any atom is 0.253 e. The van der Waals surface area contributed by atoms with Gasteiger partial charge in [0.15, 0.2) is 0 Å². The lowest BCUT2D eigenvalue weighted by molar-refractivity contribution is -0.121. The van der Waals surface area contributed by atoms with Crippen molar-refractivity contribution in [2.45, 2.75) is 12.8 Å². The van der Waals surface area contributed by atoms with Gasteiger partial charge in [-0.15, -0.1) is 0 Å². The minimum atomic E-state index is -0.0117. The van der Waals surface area contributed by atoms with Gasteiger partial charge in [0.05, 0.1) is 13.2 Å². The highest BCUT2D eigenvalue weighted by Gasteiger charge is 2.10. The molecule has 6 heteroatoms. The third-order valence-corrected chi connectivity index (χ3v) is 4.10. The first-order valence-electron chi connectivity index (χ1n) is 8.43. The van der Waals surface area contributed by atoms with E-state index >= 15 is 0 Å². The summed E-state index contributed by atoms with van der Waals surface area (Å²) in [4.78, 5) is 27.6. The molecule has 0 atom stereocenters. The van der Waals surface area contributed by atoms with Crippen LogP contribution >= 0.6 is 0 Å². The summed E-state index contributed by atoms with van der Waals surface area (Å²) in [7, 11) is 3.47. The van der Waals surface area contributed by atoms with Gasteiger partial charge >= 0.3 is 0 Å². The molecular formula is C18H27N3O3. The molecular weight excluding hydrogens is 306 g/mol. The van der Waals surface area contributed by atoms with Crippen molar-refractivity contribution >= 4 is 11.8 Å². The van der Waals surface area contributed by atoms with E-state index in [-0.39, 0.29) is 11.8 Å². The van der Waals surface area contributed by atoms with Gasteiger partial charge in [-0.25, -0.2) is 0 Å². The molecule has 0 unspecified atom stereocenters. The van der Waals surface area contributed by atoms with Crippen LogP contribution in [0, 0.1) is 0 Å². The van der Waals surface area contributed by atoms with Gasteiger partial charge in [0, 0.05) is 52.3 Å². The van der Waals surface area contributed by atoms with Crippen LogP contribution in [0.4, 0.5) is 0 Å². The highest BCUT2D eigenvalue weighted by molar-refractivity contribution is 5.93. The molecule has 0 saturated carbocycles. The lowest BCUT2D eigenvalue weighted by atomic mass is 10.1. The van der Waals surface area contributed by atoms with Crippen LogP contribution in [0.3, 0.4) is 0 Å². The Kier molecular flexibility index (Phi) is 7.21. The van der Waals surface area contributed by atoms with Crippen molar-refractivity contribution in [3.8, 4) is 0 Å². The molecule has 1 heterocycles. The zero-order valence-corrected chi connectivity index (χ0v) is 14.6. The molecule has 1 aliphatic heterocycles. The van der Waals surface area contributed by atoms with Gasteiger partial charge in [-0.2, -0.15) is 0 Å². The summed E-state index contributed by atoms with van der Waals surface area (Å²) in [6.45, 7) is 4.98. The second kappa shape index (κ2) is 9.39. The maximum absolute atomic E-state index is 11.9. The summed E-state index contributed by atoms with van der Waals surface area (Å²) in [6.07, 6.45) is 1.14. The molecule has 0 aliphatic carbocycles. The van der Waals surface area contributed by atoms with Crippen LogP contribution in [0.5, 0.6) is 0 Å². The smallest absolute Gasteiger partial charge is 0.253 e. The summed E-state index contributed by atoms with van der Waals surface area (Å²) in [5.41, 5.74) is 1.73. The molecule has 0 bridgehead atoms. The maximum atomic E-state index is 11.9. The average molecular weight is 333 g/mol. The van der Waals surface area contributed by atoms with Gasteiger partial charge in [-0.05, 0) is 24.1 Å². The molecule has 1 N–H and O–H groups in total. The summed E-state index contributed by atoms with van der Waals surface area (Å²) in [6, 6.07) is 7.46. The molecule has 1 saturated heterocycles. The van der Waals surface area contributed by atoms with Gasteiger partial charge < -0.3 is 15.0 Å². The Hall–Kier alpha value is -1.92. The molecule has 6 nitrogen and oxygen atoms in total. The van der Waals surface area contributed by atoms with Crippen LogP contribution in [-0.2, 0) is 16.0 Å². The van der Waals surface area contributed by atoms with Crippen LogP contribution in [0.25, 0.3) is 0 Å². The molecule has 2 rings (SSSR count). The Labute approximate surface area is 143 Å². The van der Waals surface area contributed by atoms with Crippen molar-refractivity contribution in [3.05, 3.63) is 35.4 Å². The lowest BCUT2D eigenvalue weighted by Gasteiger charge is -2.26. The van der Waals surface area contributed by atoms with Crippen molar-refractivity contribution in [3.63, 3.8) is 0 Å². The van der Waals surface area contributed by atoms with E-state index in [0.29, 0.717) is 24.9 Å². The first kappa shape index (κ1) is 18.4. The third kappa shape index (κ3) is 5.94. The fraction of sp³-hybridized carbons (Fsp3) is 0.556. The molecule has 1 aromatic carbocycles. The minimum absolute atomic E-state index is 0.0117. The zero-order chi connectivity index (χ0) is 17.4. The fourth-order valence-corrected chi connectivity index (χ4v) is 2.60. The number of nitrogens with zero attached hydrogens (tertiary/aromatic N) is 2. The van der Waals surface area contributed by atoms with Gasteiger partial charge in [0.2, 0.25) is 5.91 Å². The van der Waals surface area contributed by atoms with Crippen LogP contribution in [0.15, 0.2) is 24.3 Å². The van der Waals surface area contributed by atoms with Crippen molar-refractivity contribution in [2.24, 2.45) is 0 Å². The first-order valence-corrected chi connectivity index (χ1v) is 8.43. The van der Waals surface area contributed by atoms with E-state index in [2.05, 4.69) is 10.2 Å². The number of morpholine rings is 1. The normalized spacial score (nSPS) is 15.1. The van der Waals surface area contributed by atoms with Gasteiger partial charge in [-0.3, -0.25) is 14.5 Å². The van der Waals surface area contributed by atoms with Crippen LogP contribution in [-0.4, -0.2) is 75.1 Å². The number of carbonyl (C=O) groups is 2. The van der Waals surface area contributed by atoms with E-state index in [0.717, 1.165) is 38.4 Å². The predicted octanol–water partition coefficient (Wildman–Crippen LogP) is 0.769. The fourth-order valence-electron chi connectivity index (χ4n) is 2.60. The summed E-state index contributed by atoms with van der Waals surface area (Å²) in [5.74, 6) is 0.0547. The largest absolute Gasteiger partial charge is 0.379 e. The molecule has 132 valence electrons. The van der Waals surface area contributed by atoms with Crippen LogP contribution < -0.4 is 5.32 Å². The monoisotopic (exact) mass is 333 g/mol. The van der Waals surface area contributed by atoms with Gasteiger partial charge in [-0.1, -0.05) is 12.1 Å². The van der Waals surface area contributed by atoms with Crippen LogP contribution in [0.1, 0.15) is 22.3 Å². The van der Waals surface area contributed by atoms with E-state index in [4.69, 9.17) is 4.74 Å². The molecule has 2 amide bonds. The topological polar surface area (TPSA) is 61.9 Å². The summed E-state index contributed by atoms with van der Waals surface area (Å²) >= 11 is 0. The molecule has 24 heavy (non-hydrogen) atoms. The Balaban J connectivity index is 1.66. The second-order valence-electron chi connectivity index (χ2n) is 6.20. The molecule has 0 spiro atoms. The minimum Gasteiger partial charge on any atom is -0.379 e. The number of ether oxygens (including phenoxy) is 1. The van der Waals surface area contributed by atoms with E-state index in [1.54, 1.807) is 19.0 Å². The molecule has 1 fully saturated rings. The molecule has 0 aromatic heterocycles. The number of hydrogen-bond donors (Lipinski definition) is 1. The first-order chi connectivity index (χ1) is 11.6. The molecule has 0 radical (unpaired) electrons. The number of nitrogens with one attached hydrogen (secondary N) is 1. The Morgan fingerprint density at radius 3 is 2.46 bits per heavy atom. The predicted molar refractivity (Wildman–Crippen MR) is 93.0 cm³/mol. The van der Waals surface area contributed by atoms with E-state index in [9.17, 15) is 9.59 Å². The Morgan fingerprint density at radius 1 is 1.17 bits per heavy atom.